The zero-order chi connectivity index (χ0) is 56.6. The minimum Gasteiger partial charge on any atom is -1.00 e. The van der Waals surface area contributed by atoms with Crippen molar-refractivity contribution in [1.82, 2.24) is 0 Å². The number of anilines is 1. The number of nitrogen functional groups attached to an aromatic ring is 1. The molecule has 3 N–H and O–H groups in total. The number of halogens is 5. The second-order valence-electron chi connectivity index (χ2n) is 14.6. The summed E-state index contributed by atoms with van der Waals surface area (Å²) in [6, 6.07) is 59.7. The Morgan fingerprint density at radius 2 is 0.714 bits per heavy atom. The van der Waals surface area contributed by atoms with E-state index in [0.29, 0.717) is 11.3 Å². The van der Waals surface area contributed by atoms with Crippen molar-refractivity contribution in [3.8, 4) is 0 Å². The molecular weight excluding hydrogens is 1380 g/mol. The third-order valence-electron chi connectivity index (χ3n) is 9.13. The predicted octanol–water partition coefficient (Wildman–Crippen LogP) is 3.74. The smallest absolute Gasteiger partial charge is 1.00 e. The number of nitro benzene ring substituents is 4. The van der Waals surface area contributed by atoms with Crippen LogP contribution in [-0.2, 0) is 22.4 Å². The molecule has 8 aromatic carbocycles. The van der Waals surface area contributed by atoms with Gasteiger partial charge in [-0.1, -0.05) is 142 Å². The Morgan fingerprint density at radius 3 is 0.964 bits per heavy atom. The largest absolute Gasteiger partial charge is 1.00 e. The molecule has 0 fully saturated rings. The van der Waals surface area contributed by atoms with E-state index in [1.54, 1.807) is 37.3 Å². The van der Waals surface area contributed by atoms with Crippen LogP contribution in [-0.4, -0.2) is 30.0 Å². The quantitative estimate of drug-likeness (QED) is 0.0492. The summed E-state index contributed by atoms with van der Waals surface area (Å²) in [4.78, 5) is 57.2. The van der Waals surface area contributed by atoms with Gasteiger partial charge in [-0.15, -0.1) is 37.1 Å². The average molecular weight is 1440 g/mol. The maximum atomic E-state index is 10.8. The molecule has 8 aromatic rings. The maximum absolute atomic E-state index is 10.8. The van der Waals surface area contributed by atoms with Crippen LogP contribution in [0.5, 0.6) is 0 Å². The van der Waals surface area contributed by atoms with E-state index in [2.05, 4.69) is 21.4 Å². The Hall–Kier alpha value is -4.05. The molecule has 4 unspecified atom stereocenters. The van der Waals surface area contributed by atoms with Crippen LogP contribution in [0, 0.1) is 67.6 Å². The monoisotopic (exact) mass is 1440 g/mol. The molecule has 32 heteroatoms. The van der Waals surface area contributed by atoms with Crippen molar-refractivity contribution in [2.45, 2.75) is 29.2 Å². The third kappa shape index (κ3) is 39.6. The summed E-state index contributed by atoms with van der Waals surface area (Å²) in [5, 5.41) is 73.6. The minimum atomic E-state index is -1.50. The molecular formula is C52H59AgCl4FKN7NaO13P4+3. The SMILES string of the molecule is C.C.C.Cc1ccc([PH2+]c2ccccc2)cc1[N+](=O)[O-].Cl.Nc1ccc(Cl)c([N+](=O)[O-])c1.O=N[O-].O=[N+]([O-])O.O=[N+]([O-])c1cc([PH2+]c2ccccc2)ccc1Cl.O=[N+]([O-])c1cc([PH2+]c2ccccc2)ccc1Cl.Pc1ccccc1.[18F-].[Ag].[K+].[Na+]. The maximum Gasteiger partial charge on any atom is 1.00 e. The summed E-state index contributed by atoms with van der Waals surface area (Å²) in [5.74, 6) is 0. The Labute approximate surface area is 594 Å². The van der Waals surface area contributed by atoms with E-state index in [-0.39, 0.29) is 211 Å². The van der Waals surface area contributed by atoms with Crippen LogP contribution in [0.3, 0.4) is 0 Å². The second kappa shape index (κ2) is 53.2. The summed E-state index contributed by atoms with van der Waals surface area (Å²) in [5.41, 5.74) is 6.36. The van der Waals surface area contributed by atoms with Crippen molar-refractivity contribution in [1.29, 1.82) is 0 Å². The average Bonchev–Trinajstić information content (AvgIpc) is 3.38. The van der Waals surface area contributed by atoms with E-state index in [9.17, 15) is 40.5 Å². The first-order chi connectivity index (χ1) is 36.1. The standard InChI is InChI=1S/C13H12NO2P.2C12H9ClNO2P.C6H5ClN2O2.C6H7P.3CH4.Ag.ClH.FH.K.HNO3.HNO2.Na/c1-10-7-8-12(9-13(10)14(15)16)17-11-5-3-2-4-6-11;2*13-11-7-6-10(8-12(11)14(15)16)17-9-4-2-1-3-5-9;7-5-2-1-4(8)3-6(5)9(10)11;7-6-4-2-1-3-5-6;;;;;;;;2-1(3)4;2-1-3;/h2-9,17H,1H3;2*1-8,17H;1-3H,8H2;1-5H,7H2;3*1H4;;2*1H;;(H,2,3,4);(H,2,3);/q;;;;;;;;;;;+1;;;+1/p+1/i;;;;;;;;;;1-1;;;;. The number of nitrogens with two attached hydrogens (primary N) is 1. The van der Waals surface area contributed by atoms with Crippen molar-refractivity contribution in [2.75, 3.05) is 5.73 Å². The van der Waals surface area contributed by atoms with Crippen LogP contribution in [0.25, 0.3) is 0 Å². The number of hydrogen-bond acceptors (Lipinski definition) is 14. The molecule has 0 aliphatic rings. The molecule has 84 heavy (non-hydrogen) atoms. The molecule has 445 valence electrons. The molecule has 20 nitrogen and oxygen atoms in total. The second-order valence-corrected chi connectivity index (χ2v) is 21.3. The molecule has 0 aromatic heterocycles. The molecule has 0 heterocycles. The van der Waals surface area contributed by atoms with Gasteiger partial charge in [0.05, 0.1) is 79.5 Å². The molecule has 0 spiro atoms. The van der Waals surface area contributed by atoms with Gasteiger partial charge < -0.3 is 25.8 Å². The van der Waals surface area contributed by atoms with Gasteiger partial charge in [-0.3, -0.25) is 40.5 Å². The van der Waals surface area contributed by atoms with Crippen molar-refractivity contribution < 1.29 is 138 Å². The van der Waals surface area contributed by atoms with Crippen LogP contribution in [0.1, 0.15) is 27.8 Å². The van der Waals surface area contributed by atoms with Crippen molar-refractivity contribution in [3.63, 3.8) is 0 Å². The molecule has 1 radical (unpaired) electrons. The predicted molar refractivity (Wildman–Crippen MR) is 344 cm³/mol. The van der Waals surface area contributed by atoms with Crippen LogP contribution >= 0.6 is 82.2 Å². The van der Waals surface area contributed by atoms with Gasteiger partial charge >= 0.3 is 80.9 Å². The molecule has 0 aliphatic carbocycles. The van der Waals surface area contributed by atoms with Gasteiger partial charge in [0.15, 0.2) is 0 Å². The number of hydrogen-bond donors (Lipinski definition) is 2. The van der Waals surface area contributed by atoms with Gasteiger partial charge in [-0.25, -0.2) is 0 Å². The molecule has 0 saturated heterocycles. The first-order valence-corrected chi connectivity index (χ1v) is 26.4. The van der Waals surface area contributed by atoms with E-state index in [0.717, 1.165) is 21.3 Å². The molecule has 4 atom stereocenters. The summed E-state index contributed by atoms with van der Waals surface area (Å²) in [6.07, 6.45) is 0. The van der Waals surface area contributed by atoms with Crippen LogP contribution < -0.4 is 129 Å². The van der Waals surface area contributed by atoms with Gasteiger partial charge in [-0.2, -0.15) is 0 Å². The van der Waals surface area contributed by atoms with E-state index in [1.807, 2.05) is 133 Å². The van der Waals surface area contributed by atoms with Crippen LogP contribution in [0.4, 0.5) is 28.4 Å². The molecule has 0 saturated carbocycles. The first kappa shape index (κ1) is 93.6. The number of rotatable bonds is 10. The van der Waals surface area contributed by atoms with Crippen molar-refractivity contribution >= 4 is 148 Å². The molecule has 0 bridgehead atoms. The number of nitro groups is 4. The fraction of sp³-hybridized carbons (Fsp3) is 0.0769. The summed E-state index contributed by atoms with van der Waals surface area (Å²) in [7, 11) is 2.29. The fourth-order valence-electron chi connectivity index (χ4n) is 5.78. The normalized spacial score (nSPS) is 9.01. The molecule has 0 aliphatic heterocycles. The van der Waals surface area contributed by atoms with Gasteiger partial charge in [0.1, 0.15) is 31.0 Å². The fourth-order valence-corrected chi connectivity index (χ4v) is 10.3. The molecule has 0 amide bonds. The zero-order valence-corrected chi connectivity index (χ0v) is 56.9. The minimum absolute atomic E-state index is 0. The summed E-state index contributed by atoms with van der Waals surface area (Å²) >= 11 is 17.0. The Kier molecular flexibility index (Phi) is 59.3. The van der Waals surface area contributed by atoms with Gasteiger partial charge in [0.2, 0.25) is 0 Å². The van der Waals surface area contributed by atoms with Gasteiger partial charge in [0, 0.05) is 39.7 Å². The van der Waals surface area contributed by atoms with Crippen molar-refractivity contribution in [3.05, 3.63) is 275 Å². The van der Waals surface area contributed by atoms with E-state index in [1.165, 1.54) is 39.4 Å². The van der Waals surface area contributed by atoms with E-state index >= 15 is 0 Å². The third-order valence-corrected chi connectivity index (χ3v) is 14.7. The summed E-state index contributed by atoms with van der Waals surface area (Å²) in [6.45, 7) is 1.76. The van der Waals surface area contributed by atoms with E-state index < -0.39 is 19.9 Å². The van der Waals surface area contributed by atoms with Gasteiger partial charge in [0.25, 0.3) is 27.8 Å². The Balaban J connectivity index is -0.000000171. The van der Waals surface area contributed by atoms with E-state index in [4.69, 9.17) is 66.0 Å². The summed E-state index contributed by atoms with van der Waals surface area (Å²) < 4.78 is 0. The van der Waals surface area contributed by atoms with Crippen LogP contribution in [0.15, 0.2) is 199 Å². The Bertz CT molecular complexity index is 2940. The Morgan fingerprint density at radius 1 is 0.476 bits per heavy atom. The number of aryl methyl sites for hydroxylation is 1. The van der Waals surface area contributed by atoms with Crippen molar-refractivity contribution in [2.24, 2.45) is 5.34 Å². The first-order valence-electron chi connectivity index (χ1n) is 21.3. The topological polar surface area (TPSA) is 314 Å². The number of benzene rings is 8. The molecule has 8 rings (SSSR count). The number of nitrogens with zero attached hydrogens (tertiary/aromatic N) is 6. The van der Waals surface area contributed by atoms with Crippen LogP contribution in [0.2, 0.25) is 15.1 Å². The van der Waals surface area contributed by atoms with Gasteiger partial charge in [-0.05, 0) is 97.2 Å². The zero-order valence-electron chi connectivity index (χ0n) is 42.6.